The number of nitrogens with zero attached hydrogens (tertiary/aromatic N) is 3. The number of nitrogens with two attached hydrogens (primary N) is 1. The van der Waals surface area contributed by atoms with E-state index in [1.165, 1.54) is 6.92 Å². The minimum Gasteiger partial charge on any atom is -0.383 e. The molecular formula is C15H9F7N4. The number of halogens is 7. The second kappa shape index (κ2) is 5.58. The van der Waals surface area contributed by atoms with Crippen LogP contribution in [0.1, 0.15) is 16.8 Å². The van der Waals surface area contributed by atoms with Crippen LogP contribution in [0.25, 0.3) is 16.7 Å². The minimum absolute atomic E-state index is 0.0374. The SMILES string of the molecule is Cc1cc(C(F)(F)F)c2c(N)n(-c3ccc(F)cc3C(F)(F)F)nc2n1. The second-order valence-corrected chi connectivity index (χ2v) is 5.46. The van der Waals surface area contributed by atoms with Gasteiger partial charge in [-0.1, -0.05) is 0 Å². The standard InChI is InChI=1S/C15H9F7N4/c1-6-4-9(15(20,21)22)11-12(23)26(25-13(11)24-6)10-3-2-7(16)5-8(10)14(17,18)19/h2-5H,23H2,1H3. The lowest BCUT2D eigenvalue weighted by Gasteiger charge is -2.14. The molecule has 2 heterocycles. The summed E-state index contributed by atoms with van der Waals surface area (Å²) in [5.41, 5.74) is 1.86. The molecule has 0 bridgehead atoms. The summed E-state index contributed by atoms with van der Waals surface area (Å²) in [6, 6.07) is 2.39. The van der Waals surface area contributed by atoms with Crippen molar-refractivity contribution in [3.05, 3.63) is 46.9 Å². The van der Waals surface area contributed by atoms with Gasteiger partial charge in [0.05, 0.1) is 22.2 Å². The Bertz CT molecular complexity index is 1000. The van der Waals surface area contributed by atoms with Gasteiger partial charge in [-0.3, -0.25) is 0 Å². The summed E-state index contributed by atoms with van der Waals surface area (Å²) in [6.07, 6.45) is -9.79. The van der Waals surface area contributed by atoms with Crippen molar-refractivity contribution in [1.29, 1.82) is 0 Å². The van der Waals surface area contributed by atoms with Crippen molar-refractivity contribution in [1.82, 2.24) is 14.8 Å². The van der Waals surface area contributed by atoms with Gasteiger partial charge < -0.3 is 5.73 Å². The van der Waals surface area contributed by atoms with Gasteiger partial charge in [0.25, 0.3) is 0 Å². The minimum atomic E-state index is -4.97. The molecule has 2 N–H and O–H groups in total. The van der Waals surface area contributed by atoms with Crippen molar-refractivity contribution in [3.8, 4) is 5.69 Å². The van der Waals surface area contributed by atoms with Gasteiger partial charge in [0, 0.05) is 5.69 Å². The predicted octanol–water partition coefficient (Wildman–Crippen LogP) is 4.49. The molecule has 2 aromatic heterocycles. The molecule has 0 radical (unpaired) electrons. The van der Waals surface area contributed by atoms with E-state index in [1.807, 2.05) is 0 Å². The van der Waals surface area contributed by atoms with Gasteiger partial charge >= 0.3 is 12.4 Å². The average molecular weight is 378 g/mol. The molecule has 4 nitrogen and oxygen atoms in total. The molecular weight excluding hydrogens is 369 g/mol. The Morgan fingerprint density at radius 3 is 2.15 bits per heavy atom. The molecule has 3 rings (SSSR count). The van der Waals surface area contributed by atoms with Crippen molar-refractivity contribution in [2.45, 2.75) is 19.3 Å². The molecule has 1 aromatic carbocycles. The fourth-order valence-electron chi connectivity index (χ4n) is 2.56. The molecule has 0 spiro atoms. The summed E-state index contributed by atoms with van der Waals surface area (Å²) in [5, 5.41) is 3.05. The number of hydrogen-bond acceptors (Lipinski definition) is 3. The van der Waals surface area contributed by atoms with Crippen molar-refractivity contribution < 1.29 is 30.7 Å². The number of aryl methyl sites for hydroxylation is 1. The van der Waals surface area contributed by atoms with Crippen LogP contribution in [0.3, 0.4) is 0 Å². The first-order valence-corrected chi connectivity index (χ1v) is 6.99. The number of rotatable bonds is 1. The Balaban J connectivity index is 2.38. The van der Waals surface area contributed by atoms with Crippen molar-refractivity contribution in [2.75, 3.05) is 5.73 Å². The smallest absolute Gasteiger partial charge is 0.383 e. The van der Waals surface area contributed by atoms with Gasteiger partial charge in [0.2, 0.25) is 0 Å². The van der Waals surface area contributed by atoms with Gasteiger partial charge in [-0.15, -0.1) is 5.10 Å². The van der Waals surface area contributed by atoms with Crippen LogP contribution in [-0.2, 0) is 12.4 Å². The van der Waals surface area contributed by atoms with E-state index in [-0.39, 0.29) is 11.8 Å². The first-order chi connectivity index (χ1) is 11.9. The molecule has 0 saturated heterocycles. The molecule has 0 atom stereocenters. The summed E-state index contributed by atoms with van der Waals surface area (Å²) in [7, 11) is 0. The first-order valence-electron chi connectivity index (χ1n) is 6.99. The zero-order valence-corrected chi connectivity index (χ0v) is 12.9. The van der Waals surface area contributed by atoms with E-state index in [9.17, 15) is 30.7 Å². The zero-order valence-electron chi connectivity index (χ0n) is 12.9. The highest BCUT2D eigenvalue weighted by atomic mass is 19.4. The van der Waals surface area contributed by atoms with Gasteiger partial charge in [-0.25, -0.2) is 14.1 Å². The monoisotopic (exact) mass is 378 g/mol. The normalized spacial score (nSPS) is 12.8. The van der Waals surface area contributed by atoms with E-state index in [4.69, 9.17) is 5.73 Å². The highest BCUT2D eigenvalue weighted by molar-refractivity contribution is 5.91. The Morgan fingerprint density at radius 2 is 1.58 bits per heavy atom. The van der Waals surface area contributed by atoms with Crippen molar-refractivity contribution in [3.63, 3.8) is 0 Å². The lowest BCUT2D eigenvalue weighted by molar-refractivity contribution is -0.138. The number of alkyl halides is 6. The fraction of sp³-hybridized carbons (Fsp3) is 0.200. The molecule has 3 aromatic rings. The lowest BCUT2D eigenvalue weighted by Crippen LogP contribution is -2.13. The highest BCUT2D eigenvalue weighted by Gasteiger charge is 2.38. The average Bonchev–Trinajstić information content (AvgIpc) is 2.81. The molecule has 0 fully saturated rings. The summed E-state index contributed by atoms with van der Waals surface area (Å²) >= 11 is 0. The van der Waals surface area contributed by atoms with Gasteiger partial charge in [0.1, 0.15) is 11.6 Å². The molecule has 26 heavy (non-hydrogen) atoms. The Hall–Kier alpha value is -2.85. The fourth-order valence-corrected chi connectivity index (χ4v) is 2.56. The summed E-state index contributed by atoms with van der Waals surface area (Å²) in [6.45, 7) is 1.28. The number of nitrogen functional groups attached to an aromatic ring is 1. The maximum Gasteiger partial charge on any atom is 0.418 e. The number of fused-ring (bicyclic) bond motifs is 1. The van der Waals surface area contributed by atoms with Crippen molar-refractivity contribution in [2.24, 2.45) is 0 Å². The molecule has 0 amide bonds. The topological polar surface area (TPSA) is 56.7 Å². The van der Waals surface area contributed by atoms with Crippen LogP contribution >= 0.6 is 0 Å². The van der Waals surface area contributed by atoms with E-state index < -0.39 is 51.8 Å². The molecule has 0 saturated carbocycles. The molecule has 0 unspecified atom stereocenters. The second-order valence-electron chi connectivity index (χ2n) is 5.46. The zero-order chi connectivity index (χ0) is 19.4. The number of pyridine rings is 1. The molecule has 138 valence electrons. The number of hydrogen-bond donors (Lipinski definition) is 1. The highest BCUT2D eigenvalue weighted by Crippen LogP contribution is 2.40. The molecule has 0 aliphatic carbocycles. The third-order valence-electron chi connectivity index (χ3n) is 3.61. The van der Waals surface area contributed by atoms with Crippen molar-refractivity contribution >= 4 is 16.9 Å². The Labute approximate surface area is 141 Å². The van der Waals surface area contributed by atoms with E-state index >= 15 is 0 Å². The third-order valence-corrected chi connectivity index (χ3v) is 3.61. The largest absolute Gasteiger partial charge is 0.418 e. The molecule has 11 heteroatoms. The summed E-state index contributed by atoms with van der Waals surface area (Å²) < 4.78 is 93.1. The van der Waals surface area contributed by atoms with E-state index in [1.54, 1.807) is 0 Å². The summed E-state index contributed by atoms with van der Waals surface area (Å²) in [4.78, 5) is 3.80. The van der Waals surface area contributed by atoms with Gasteiger partial charge in [-0.05, 0) is 31.2 Å². The lowest BCUT2D eigenvalue weighted by atomic mass is 10.1. The molecule has 0 aliphatic heterocycles. The van der Waals surface area contributed by atoms with Crippen LogP contribution < -0.4 is 5.73 Å². The van der Waals surface area contributed by atoms with E-state index in [0.717, 1.165) is 18.2 Å². The van der Waals surface area contributed by atoms with E-state index in [0.29, 0.717) is 4.68 Å². The maximum atomic E-state index is 13.3. The predicted molar refractivity (Wildman–Crippen MR) is 78.0 cm³/mol. The van der Waals surface area contributed by atoms with Crippen LogP contribution in [-0.4, -0.2) is 14.8 Å². The van der Waals surface area contributed by atoms with E-state index in [2.05, 4.69) is 10.1 Å². The third kappa shape index (κ3) is 2.93. The molecule has 0 aliphatic rings. The Morgan fingerprint density at radius 1 is 0.962 bits per heavy atom. The Kier molecular flexibility index (Phi) is 3.85. The van der Waals surface area contributed by atoms with Gasteiger partial charge in [-0.2, -0.15) is 26.3 Å². The summed E-state index contributed by atoms with van der Waals surface area (Å²) in [5.74, 6) is -1.85. The number of anilines is 1. The van der Waals surface area contributed by atoms with Crippen LogP contribution in [0.2, 0.25) is 0 Å². The number of aromatic nitrogens is 3. The van der Waals surface area contributed by atoms with Crippen LogP contribution in [0.4, 0.5) is 36.6 Å². The van der Waals surface area contributed by atoms with Crippen LogP contribution in [0.5, 0.6) is 0 Å². The maximum absolute atomic E-state index is 13.3. The first kappa shape index (κ1) is 18.0. The van der Waals surface area contributed by atoms with Crippen LogP contribution in [0, 0.1) is 12.7 Å². The quantitative estimate of drug-likeness (QED) is 0.635. The number of benzene rings is 1. The van der Waals surface area contributed by atoms with Gasteiger partial charge in [0.15, 0.2) is 5.65 Å². The van der Waals surface area contributed by atoms with Crippen LogP contribution in [0.15, 0.2) is 24.3 Å².